The molecule has 4 aliphatic carbocycles. The maximum Gasteiger partial charge on any atom is 0.139 e. The van der Waals surface area contributed by atoms with E-state index in [1.165, 1.54) is 57.8 Å². The first-order valence-corrected chi connectivity index (χ1v) is 10.2. The van der Waals surface area contributed by atoms with Gasteiger partial charge in [-0.15, -0.1) is 0 Å². The number of rotatable bonds is 1. The first-order chi connectivity index (χ1) is 11.0. The van der Waals surface area contributed by atoms with E-state index < -0.39 is 0 Å². The number of hydrogen-bond donors (Lipinski definition) is 0. The summed E-state index contributed by atoms with van der Waals surface area (Å²) in [5.41, 5.74) is 0.925. The zero-order valence-electron chi connectivity index (χ0n) is 14.9. The fraction of sp³-hybridized carbons (Fsp3) is 0.952. The van der Waals surface area contributed by atoms with Crippen LogP contribution in [-0.2, 0) is 9.53 Å². The SMILES string of the molecule is CC[C@]12CCC3(CO3)C[C@@H]1CC[C@@H]1[C@@H]2CC[C@]2(C)C(=O)CC[C@@H]12. The van der Waals surface area contributed by atoms with E-state index in [2.05, 4.69) is 13.8 Å². The third kappa shape index (κ3) is 1.82. The van der Waals surface area contributed by atoms with E-state index >= 15 is 0 Å². The number of epoxide rings is 1. The Morgan fingerprint density at radius 2 is 1.91 bits per heavy atom. The lowest BCUT2D eigenvalue weighted by molar-refractivity contribution is -0.144. The highest BCUT2D eigenvalue weighted by molar-refractivity contribution is 5.87. The van der Waals surface area contributed by atoms with E-state index in [1.807, 2.05) is 0 Å². The zero-order valence-corrected chi connectivity index (χ0v) is 14.9. The van der Waals surface area contributed by atoms with Crippen LogP contribution in [0.25, 0.3) is 0 Å². The summed E-state index contributed by atoms with van der Waals surface area (Å²) in [7, 11) is 0. The topological polar surface area (TPSA) is 29.6 Å². The molecule has 0 aromatic heterocycles. The van der Waals surface area contributed by atoms with Crippen molar-refractivity contribution in [3.63, 3.8) is 0 Å². The number of fused-ring (bicyclic) bond motifs is 5. The first-order valence-electron chi connectivity index (χ1n) is 10.2. The summed E-state index contributed by atoms with van der Waals surface area (Å²) < 4.78 is 5.87. The van der Waals surface area contributed by atoms with Crippen molar-refractivity contribution in [1.82, 2.24) is 0 Å². The van der Waals surface area contributed by atoms with Gasteiger partial charge in [0.2, 0.25) is 0 Å². The zero-order chi connectivity index (χ0) is 15.9. The van der Waals surface area contributed by atoms with Crippen LogP contribution in [0.1, 0.15) is 78.1 Å². The van der Waals surface area contributed by atoms with Gasteiger partial charge < -0.3 is 4.74 Å². The van der Waals surface area contributed by atoms with Crippen molar-refractivity contribution < 1.29 is 9.53 Å². The van der Waals surface area contributed by atoms with E-state index in [1.54, 1.807) is 0 Å². The summed E-state index contributed by atoms with van der Waals surface area (Å²) in [6.45, 7) is 5.79. The van der Waals surface area contributed by atoms with Gasteiger partial charge in [0, 0.05) is 11.8 Å². The molecule has 0 N–H and O–H groups in total. The van der Waals surface area contributed by atoms with Crippen LogP contribution in [0, 0.1) is 34.5 Å². The van der Waals surface area contributed by atoms with Crippen LogP contribution >= 0.6 is 0 Å². The van der Waals surface area contributed by atoms with Gasteiger partial charge in [0.15, 0.2) is 0 Å². The van der Waals surface area contributed by atoms with Crippen LogP contribution in [0.2, 0.25) is 0 Å². The van der Waals surface area contributed by atoms with E-state index in [9.17, 15) is 4.79 Å². The molecule has 0 bridgehead atoms. The summed E-state index contributed by atoms with van der Waals surface area (Å²) in [6, 6.07) is 0. The molecular weight excluding hydrogens is 284 g/mol. The molecule has 0 aromatic rings. The fourth-order valence-electron chi connectivity index (χ4n) is 7.96. The Morgan fingerprint density at radius 3 is 2.65 bits per heavy atom. The van der Waals surface area contributed by atoms with Crippen LogP contribution in [0.15, 0.2) is 0 Å². The van der Waals surface area contributed by atoms with Crippen molar-refractivity contribution in [2.45, 2.75) is 83.7 Å². The Balaban J connectivity index is 1.47. The largest absolute Gasteiger partial charge is 0.370 e. The molecule has 5 rings (SSSR count). The Bertz CT molecular complexity index is 536. The molecule has 23 heavy (non-hydrogen) atoms. The Kier molecular flexibility index (Phi) is 3.00. The molecule has 1 heterocycles. The molecule has 1 unspecified atom stereocenters. The molecule has 2 nitrogen and oxygen atoms in total. The maximum absolute atomic E-state index is 12.5. The monoisotopic (exact) mass is 316 g/mol. The summed E-state index contributed by atoms with van der Waals surface area (Å²) >= 11 is 0. The molecule has 4 saturated carbocycles. The minimum Gasteiger partial charge on any atom is -0.370 e. The van der Waals surface area contributed by atoms with E-state index in [4.69, 9.17) is 4.74 Å². The quantitative estimate of drug-likeness (QED) is 0.653. The van der Waals surface area contributed by atoms with Crippen LogP contribution in [0.3, 0.4) is 0 Å². The Morgan fingerprint density at radius 1 is 1.09 bits per heavy atom. The predicted molar refractivity (Wildman–Crippen MR) is 90.0 cm³/mol. The summed E-state index contributed by atoms with van der Waals surface area (Å²) in [5, 5.41) is 0. The van der Waals surface area contributed by atoms with Gasteiger partial charge in [0.05, 0.1) is 12.2 Å². The van der Waals surface area contributed by atoms with Crippen molar-refractivity contribution in [3.05, 3.63) is 0 Å². The van der Waals surface area contributed by atoms with Crippen molar-refractivity contribution in [2.24, 2.45) is 34.5 Å². The highest BCUT2D eigenvalue weighted by atomic mass is 16.6. The minimum absolute atomic E-state index is 0.0401. The molecule has 5 fully saturated rings. The molecule has 128 valence electrons. The summed E-state index contributed by atoms with van der Waals surface area (Å²) in [6.07, 6.45) is 12.7. The number of carbonyl (C=O) groups is 1. The molecule has 1 spiro atoms. The van der Waals surface area contributed by atoms with Crippen molar-refractivity contribution in [3.8, 4) is 0 Å². The van der Waals surface area contributed by atoms with Crippen molar-refractivity contribution in [2.75, 3.05) is 6.61 Å². The molecule has 1 saturated heterocycles. The van der Waals surface area contributed by atoms with Crippen molar-refractivity contribution in [1.29, 1.82) is 0 Å². The fourth-order valence-corrected chi connectivity index (χ4v) is 7.96. The van der Waals surface area contributed by atoms with Crippen LogP contribution in [0.5, 0.6) is 0 Å². The Labute approximate surface area is 140 Å². The van der Waals surface area contributed by atoms with E-state index in [0.29, 0.717) is 22.7 Å². The van der Waals surface area contributed by atoms with Gasteiger partial charge in [-0.3, -0.25) is 4.79 Å². The average molecular weight is 316 g/mol. The second-order valence-corrected chi connectivity index (χ2v) is 9.83. The summed E-state index contributed by atoms with van der Waals surface area (Å²) in [4.78, 5) is 12.5. The first kappa shape index (κ1) is 14.9. The number of Topliss-reactive ketones (excluding diaryl/α,β-unsaturated/α-hetero) is 1. The molecule has 7 atom stereocenters. The molecule has 0 radical (unpaired) electrons. The molecular formula is C21H32O2. The van der Waals surface area contributed by atoms with Crippen LogP contribution in [0.4, 0.5) is 0 Å². The van der Waals surface area contributed by atoms with Crippen LogP contribution in [-0.4, -0.2) is 18.0 Å². The van der Waals surface area contributed by atoms with Gasteiger partial charge in [0.1, 0.15) is 5.78 Å². The number of ether oxygens (including phenoxy) is 1. The number of hydrogen-bond acceptors (Lipinski definition) is 2. The molecule has 0 aromatic carbocycles. The summed E-state index contributed by atoms with van der Waals surface area (Å²) in [5.74, 6) is 3.91. The third-order valence-electron chi connectivity index (χ3n) is 9.42. The number of ketones is 1. The van der Waals surface area contributed by atoms with Gasteiger partial charge in [0.25, 0.3) is 0 Å². The lowest BCUT2D eigenvalue weighted by atomic mass is 9.43. The molecule has 5 aliphatic rings. The standard InChI is InChI=1S/C21H32O2/c1-3-21-11-10-20(13-23-20)12-14(21)4-5-15-16-6-7-18(22)19(16,2)9-8-17(15)21/h14-17H,3-13H2,1-2H3/t14-,15-,16-,17-,19-,20?,21-/m0/s1. The molecule has 2 heteroatoms. The van der Waals surface area contributed by atoms with E-state index in [0.717, 1.165) is 30.8 Å². The van der Waals surface area contributed by atoms with Gasteiger partial charge in [-0.1, -0.05) is 13.8 Å². The highest BCUT2D eigenvalue weighted by Gasteiger charge is 2.64. The third-order valence-corrected chi connectivity index (χ3v) is 9.42. The normalized spacial score (nSPS) is 57.7. The van der Waals surface area contributed by atoms with Crippen molar-refractivity contribution >= 4 is 5.78 Å². The van der Waals surface area contributed by atoms with E-state index in [-0.39, 0.29) is 5.41 Å². The Hall–Kier alpha value is -0.370. The van der Waals surface area contributed by atoms with Gasteiger partial charge in [-0.25, -0.2) is 0 Å². The van der Waals surface area contributed by atoms with Crippen LogP contribution < -0.4 is 0 Å². The lowest BCUT2D eigenvalue weighted by Crippen LogP contribution is -2.55. The average Bonchev–Trinajstić information content (AvgIpc) is 3.24. The smallest absolute Gasteiger partial charge is 0.139 e. The highest BCUT2D eigenvalue weighted by Crippen LogP contribution is 2.68. The second kappa shape index (κ2) is 4.62. The van der Waals surface area contributed by atoms with Gasteiger partial charge >= 0.3 is 0 Å². The second-order valence-electron chi connectivity index (χ2n) is 9.83. The predicted octanol–water partition coefficient (Wildman–Crippen LogP) is 4.76. The van der Waals surface area contributed by atoms with Gasteiger partial charge in [-0.05, 0) is 86.9 Å². The molecule has 1 aliphatic heterocycles. The van der Waals surface area contributed by atoms with Gasteiger partial charge in [-0.2, -0.15) is 0 Å². The maximum atomic E-state index is 12.5. The number of carbonyl (C=O) groups excluding carboxylic acids is 1. The lowest BCUT2D eigenvalue weighted by Gasteiger charge is -2.61. The minimum atomic E-state index is 0.0401. The molecule has 0 amide bonds.